The molecule has 9 aromatic carbocycles. The fourth-order valence-corrected chi connectivity index (χ4v) is 12.2. The number of furan rings is 1. The second-order valence-corrected chi connectivity index (χ2v) is 19.2. The fraction of sp³-hybridized carbons (Fsp3) is 0.108. The summed E-state index contributed by atoms with van der Waals surface area (Å²) in [5, 5.41) is 2.21. The Balaban J connectivity index is 0.985. The predicted octanol–water partition coefficient (Wildman–Crippen LogP) is 17.3. The van der Waals surface area contributed by atoms with E-state index in [0.717, 1.165) is 51.0 Å². The van der Waals surface area contributed by atoms with Crippen LogP contribution in [0.5, 0.6) is 0 Å². The van der Waals surface area contributed by atoms with Crippen molar-refractivity contribution in [1.29, 1.82) is 0 Å². The first-order valence-electron chi connectivity index (χ1n) is 23.7. The minimum Gasteiger partial charge on any atom is -0.453 e. The van der Waals surface area contributed by atoms with Crippen LogP contribution in [0.4, 0.5) is 17.1 Å². The van der Waals surface area contributed by atoms with E-state index in [9.17, 15) is 0 Å². The number of benzene rings is 9. The van der Waals surface area contributed by atoms with E-state index >= 15 is 0 Å². The van der Waals surface area contributed by atoms with Gasteiger partial charge in [0.05, 0.1) is 11.1 Å². The van der Waals surface area contributed by atoms with Gasteiger partial charge in [0.15, 0.2) is 5.58 Å². The van der Waals surface area contributed by atoms with Crippen molar-refractivity contribution >= 4 is 50.1 Å². The summed E-state index contributed by atoms with van der Waals surface area (Å²) in [6.07, 6.45) is 3.51. The van der Waals surface area contributed by atoms with Crippen LogP contribution in [0.3, 0.4) is 0 Å². The molecule has 0 aliphatic heterocycles. The summed E-state index contributed by atoms with van der Waals surface area (Å²) in [6, 6.07) is 80.1. The summed E-state index contributed by atoms with van der Waals surface area (Å²) >= 11 is 0. The van der Waals surface area contributed by atoms with Crippen molar-refractivity contribution in [2.24, 2.45) is 5.92 Å². The highest BCUT2D eigenvalue weighted by Crippen LogP contribution is 2.59. The lowest BCUT2D eigenvalue weighted by molar-refractivity contribution is 0.645. The largest absolute Gasteiger partial charge is 0.453 e. The van der Waals surface area contributed by atoms with Crippen molar-refractivity contribution < 1.29 is 4.42 Å². The minimum atomic E-state index is -0.514. The maximum atomic E-state index is 7.43. The minimum absolute atomic E-state index is 0.0352. The zero-order valence-electron chi connectivity index (χ0n) is 38.0. The summed E-state index contributed by atoms with van der Waals surface area (Å²) in [4.78, 5) is 2.38. The van der Waals surface area contributed by atoms with Crippen LogP contribution >= 0.6 is 0 Å². The van der Waals surface area contributed by atoms with E-state index in [2.05, 4.69) is 250 Å². The molecule has 3 aliphatic carbocycles. The van der Waals surface area contributed by atoms with Crippen LogP contribution in [0.25, 0.3) is 55.3 Å². The SMILES string of the molecule is CC1CC(c2ccc(N(c3ccc(-c4ccccc4)cc3)c3cccc4c3oc3c5c(ccc34)C(c3ccccc3)(c3ccccc3)c3ccccc3-5)cc2)=CC2=C1c1ccccc1C2(C)C. The van der Waals surface area contributed by atoms with Crippen molar-refractivity contribution in [2.75, 3.05) is 4.90 Å². The molecule has 1 heterocycles. The molecule has 0 amide bonds. The second-order valence-electron chi connectivity index (χ2n) is 19.2. The van der Waals surface area contributed by atoms with Gasteiger partial charge in [-0.25, -0.2) is 0 Å². The van der Waals surface area contributed by atoms with Crippen LogP contribution in [0, 0.1) is 5.92 Å². The quantitative estimate of drug-likeness (QED) is 0.159. The van der Waals surface area contributed by atoms with Crippen LogP contribution < -0.4 is 4.90 Å². The van der Waals surface area contributed by atoms with Gasteiger partial charge in [-0.15, -0.1) is 0 Å². The zero-order valence-corrected chi connectivity index (χ0v) is 38.0. The Morgan fingerprint density at radius 3 is 1.69 bits per heavy atom. The molecule has 1 unspecified atom stereocenters. The average molecular weight is 860 g/mol. The first kappa shape index (κ1) is 39.4. The van der Waals surface area contributed by atoms with Gasteiger partial charge in [0.25, 0.3) is 0 Å². The van der Waals surface area contributed by atoms with Crippen LogP contribution in [0.2, 0.25) is 0 Å². The van der Waals surface area contributed by atoms with Crippen molar-refractivity contribution in [1.82, 2.24) is 0 Å². The maximum Gasteiger partial charge on any atom is 0.159 e. The molecule has 0 N–H and O–H groups in total. The third-order valence-electron chi connectivity index (χ3n) is 15.2. The van der Waals surface area contributed by atoms with Gasteiger partial charge >= 0.3 is 0 Å². The second kappa shape index (κ2) is 15.1. The molecule has 13 rings (SSSR count). The molecule has 3 aliphatic rings. The van der Waals surface area contributed by atoms with Gasteiger partial charge in [-0.1, -0.05) is 215 Å². The fourth-order valence-electron chi connectivity index (χ4n) is 12.2. The lowest BCUT2D eigenvalue weighted by Crippen LogP contribution is -2.28. The Morgan fingerprint density at radius 1 is 0.463 bits per heavy atom. The lowest BCUT2D eigenvalue weighted by Gasteiger charge is -2.33. The molecule has 2 nitrogen and oxygen atoms in total. The molecule has 67 heavy (non-hydrogen) atoms. The Kier molecular flexibility index (Phi) is 8.86. The molecule has 0 radical (unpaired) electrons. The third-order valence-corrected chi connectivity index (χ3v) is 15.2. The van der Waals surface area contributed by atoms with E-state index in [1.807, 2.05) is 0 Å². The van der Waals surface area contributed by atoms with Crippen molar-refractivity contribution in [3.63, 3.8) is 0 Å². The smallest absolute Gasteiger partial charge is 0.159 e. The Morgan fingerprint density at radius 2 is 1.01 bits per heavy atom. The molecule has 2 heteroatoms. The van der Waals surface area contributed by atoms with Crippen LogP contribution in [-0.4, -0.2) is 0 Å². The number of hydrogen-bond acceptors (Lipinski definition) is 2. The lowest BCUT2D eigenvalue weighted by atomic mass is 9.68. The highest BCUT2D eigenvalue weighted by Gasteiger charge is 2.47. The van der Waals surface area contributed by atoms with E-state index in [0.29, 0.717) is 5.92 Å². The van der Waals surface area contributed by atoms with Gasteiger partial charge in [-0.3, -0.25) is 0 Å². The third kappa shape index (κ3) is 5.82. The normalized spacial score (nSPS) is 16.3. The van der Waals surface area contributed by atoms with Crippen LogP contribution in [-0.2, 0) is 10.8 Å². The maximum absolute atomic E-state index is 7.43. The molecule has 1 atom stereocenters. The topological polar surface area (TPSA) is 16.4 Å². The molecule has 0 saturated carbocycles. The standard InChI is InChI=1S/C65H49NO/c1-42-40-46(41-58-60(42)53-24-13-15-27-55(53)64(58,2)3)45-32-36-50(37-33-45)66(49-34-30-44(31-35-49)43-18-7-4-8-19-43)59-29-17-26-51-52-38-39-57-61(63(52)67-62(51)59)54-25-14-16-28-56(54)65(57,47-20-9-5-10-21-47)48-22-11-6-12-23-48/h4-39,41-42H,40H2,1-3H3. The molecule has 0 spiro atoms. The number of hydrogen-bond donors (Lipinski definition) is 0. The summed E-state index contributed by atoms with van der Waals surface area (Å²) in [5.41, 5.74) is 22.6. The molecule has 320 valence electrons. The molecule has 0 bridgehead atoms. The zero-order chi connectivity index (χ0) is 44.9. The number of rotatable bonds is 7. The number of allylic oxidation sites excluding steroid dienone is 4. The summed E-state index contributed by atoms with van der Waals surface area (Å²) in [7, 11) is 0. The van der Waals surface area contributed by atoms with E-state index in [1.165, 1.54) is 72.4 Å². The number of nitrogens with zero attached hydrogens (tertiary/aromatic N) is 1. The van der Waals surface area contributed by atoms with E-state index in [1.54, 1.807) is 0 Å². The van der Waals surface area contributed by atoms with Crippen LogP contribution in [0.1, 0.15) is 66.1 Å². The van der Waals surface area contributed by atoms with Gasteiger partial charge in [0, 0.05) is 33.1 Å². The predicted molar refractivity (Wildman–Crippen MR) is 279 cm³/mol. The molecular formula is C65H49NO. The van der Waals surface area contributed by atoms with Gasteiger partial charge in [-0.2, -0.15) is 0 Å². The van der Waals surface area contributed by atoms with E-state index in [-0.39, 0.29) is 5.41 Å². The van der Waals surface area contributed by atoms with Gasteiger partial charge < -0.3 is 9.32 Å². The van der Waals surface area contributed by atoms with Crippen molar-refractivity contribution in [3.8, 4) is 22.3 Å². The number of anilines is 3. The van der Waals surface area contributed by atoms with E-state index < -0.39 is 5.41 Å². The monoisotopic (exact) mass is 859 g/mol. The van der Waals surface area contributed by atoms with Crippen molar-refractivity contribution in [2.45, 2.75) is 38.0 Å². The molecular weight excluding hydrogens is 811 g/mol. The first-order chi connectivity index (χ1) is 32.9. The van der Waals surface area contributed by atoms with Crippen molar-refractivity contribution in [3.05, 3.63) is 269 Å². The van der Waals surface area contributed by atoms with E-state index in [4.69, 9.17) is 4.42 Å². The van der Waals surface area contributed by atoms with Gasteiger partial charge in [0.1, 0.15) is 5.58 Å². The molecule has 0 fully saturated rings. The highest BCUT2D eigenvalue weighted by molar-refractivity contribution is 6.15. The average Bonchev–Trinajstić information content (AvgIpc) is 4.00. The summed E-state index contributed by atoms with van der Waals surface area (Å²) in [6.45, 7) is 7.18. The van der Waals surface area contributed by atoms with Gasteiger partial charge in [-0.05, 0) is 115 Å². The summed E-state index contributed by atoms with van der Waals surface area (Å²) in [5.74, 6) is 0.432. The molecule has 10 aromatic rings. The number of para-hydroxylation sites is 1. The van der Waals surface area contributed by atoms with Gasteiger partial charge in [0.2, 0.25) is 0 Å². The summed E-state index contributed by atoms with van der Waals surface area (Å²) < 4.78 is 7.43. The Hall–Kier alpha value is -7.94. The highest BCUT2D eigenvalue weighted by atomic mass is 16.3. The Bertz CT molecular complexity index is 3570. The Labute approximate surface area is 392 Å². The first-order valence-corrected chi connectivity index (χ1v) is 23.7. The molecule has 0 saturated heterocycles. The number of fused-ring (bicyclic) bond motifs is 9. The van der Waals surface area contributed by atoms with Crippen LogP contribution in [0.15, 0.2) is 234 Å². The molecule has 1 aromatic heterocycles.